The number of anilines is 2. The van der Waals surface area contributed by atoms with E-state index in [2.05, 4.69) is 57.1 Å². The Bertz CT molecular complexity index is 713. The monoisotopic (exact) mass is 341 g/mol. The second-order valence-electron chi connectivity index (χ2n) is 6.75. The van der Waals surface area contributed by atoms with E-state index in [1.54, 1.807) is 0 Å². The first-order valence-electron chi connectivity index (χ1n) is 9.11. The minimum atomic E-state index is 0.162. The highest BCUT2D eigenvalue weighted by Crippen LogP contribution is 2.32. The van der Waals surface area contributed by atoms with E-state index < -0.39 is 0 Å². The second kappa shape index (κ2) is 8.34. The van der Waals surface area contributed by atoms with Crippen LogP contribution < -0.4 is 15.8 Å². The summed E-state index contributed by atoms with van der Waals surface area (Å²) in [5, 5.41) is 3.58. The van der Waals surface area contributed by atoms with E-state index in [-0.39, 0.29) is 6.10 Å². The van der Waals surface area contributed by atoms with Crippen LogP contribution in [0.4, 0.5) is 11.4 Å². The summed E-state index contributed by atoms with van der Waals surface area (Å²) >= 11 is 0. The zero-order valence-electron chi connectivity index (χ0n) is 16.4. The summed E-state index contributed by atoms with van der Waals surface area (Å²) in [4.78, 5) is 4.60. The van der Waals surface area contributed by atoms with Gasteiger partial charge >= 0.3 is 0 Å². The van der Waals surface area contributed by atoms with Gasteiger partial charge in [0.1, 0.15) is 0 Å². The standard InChI is InChI=1S/C21H31N3O/c1-7-17(8-2)25-21-18(12-22)19(11-16(6)23-21)24-20-14(4)9-13(3)10-15(20)5/h9-11,17H,7-8,12,22H2,1-6H3,(H,23,24). The number of hydrogen-bond donors (Lipinski definition) is 2. The Hall–Kier alpha value is -2.07. The summed E-state index contributed by atoms with van der Waals surface area (Å²) in [5.41, 5.74) is 13.7. The van der Waals surface area contributed by atoms with Gasteiger partial charge in [0.15, 0.2) is 0 Å². The van der Waals surface area contributed by atoms with Gasteiger partial charge in [-0.05, 0) is 57.7 Å². The number of nitrogens with zero attached hydrogens (tertiary/aromatic N) is 1. The van der Waals surface area contributed by atoms with Crippen molar-refractivity contribution in [3.05, 3.63) is 46.1 Å². The zero-order valence-corrected chi connectivity index (χ0v) is 16.4. The number of nitrogens with two attached hydrogens (primary N) is 1. The number of hydrogen-bond acceptors (Lipinski definition) is 4. The van der Waals surface area contributed by atoms with E-state index in [4.69, 9.17) is 10.5 Å². The van der Waals surface area contributed by atoms with Gasteiger partial charge < -0.3 is 15.8 Å². The van der Waals surface area contributed by atoms with Crippen molar-refractivity contribution in [1.82, 2.24) is 4.98 Å². The van der Waals surface area contributed by atoms with E-state index >= 15 is 0 Å². The Morgan fingerprint density at radius 1 is 1.04 bits per heavy atom. The van der Waals surface area contributed by atoms with Gasteiger partial charge in [0.25, 0.3) is 0 Å². The van der Waals surface area contributed by atoms with Crippen molar-refractivity contribution in [2.45, 2.75) is 67.0 Å². The zero-order chi connectivity index (χ0) is 18.6. The molecule has 0 aliphatic carbocycles. The number of ether oxygens (including phenoxy) is 1. The normalized spacial score (nSPS) is 11.0. The first kappa shape index (κ1) is 19.3. The van der Waals surface area contributed by atoms with E-state index in [0.717, 1.165) is 35.5 Å². The summed E-state index contributed by atoms with van der Waals surface area (Å²) in [7, 11) is 0. The molecule has 0 atom stereocenters. The molecule has 4 heteroatoms. The number of nitrogens with one attached hydrogen (secondary N) is 1. The van der Waals surface area contributed by atoms with Crippen molar-refractivity contribution < 1.29 is 4.74 Å². The van der Waals surface area contributed by atoms with Crippen LogP contribution in [0, 0.1) is 27.7 Å². The molecule has 0 saturated heterocycles. The van der Waals surface area contributed by atoms with Gasteiger partial charge in [0, 0.05) is 17.9 Å². The van der Waals surface area contributed by atoms with Crippen molar-refractivity contribution in [2.24, 2.45) is 5.73 Å². The lowest BCUT2D eigenvalue weighted by Gasteiger charge is -2.21. The van der Waals surface area contributed by atoms with Crippen LogP contribution in [0.5, 0.6) is 5.88 Å². The molecule has 1 aromatic heterocycles. The van der Waals surface area contributed by atoms with E-state index in [1.807, 2.05) is 13.0 Å². The van der Waals surface area contributed by atoms with Gasteiger partial charge in [0.2, 0.25) is 5.88 Å². The summed E-state index contributed by atoms with van der Waals surface area (Å²) < 4.78 is 6.14. The average molecular weight is 341 g/mol. The minimum Gasteiger partial charge on any atom is -0.474 e. The quantitative estimate of drug-likeness (QED) is 0.737. The average Bonchev–Trinajstić information content (AvgIpc) is 2.55. The molecule has 0 amide bonds. The smallest absolute Gasteiger partial charge is 0.220 e. The Balaban J connectivity index is 2.46. The number of pyridine rings is 1. The van der Waals surface area contributed by atoms with Crippen molar-refractivity contribution in [1.29, 1.82) is 0 Å². The molecule has 0 aliphatic heterocycles. The van der Waals surface area contributed by atoms with E-state index in [1.165, 1.54) is 16.7 Å². The van der Waals surface area contributed by atoms with Gasteiger partial charge in [0.05, 0.1) is 17.4 Å². The number of aromatic nitrogens is 1. The predicted octanol–water partition coefficient (Wildman–Crippen LogP) is 5.08. The molecule has 3 N–H and O–H groups in total. The Morgan fingerprint density at radius 3 is 2.16 bits per heavy atom. The molecule has 25 heavy (non-hydrogen) atoms. The highest BCUT2D eigenvalue weighted by atomic mass is 16.5. The lowest BCUT2D eigenvalue weighted by Crippen LogP contribution is -2.17. The molecular weight excluding hydrogens is 310 g/mol. The Morgan fingerprint density at radius 2 is 1.64 bits per heavy atom. The van der Waals surface area contributed by atoms with Crippen molar-refractivity contribution >= 4 is 11.4 Å². The molecule has 2 aromatic rings. The van der Waals surface area contributed by atoms with Crippen molar-refractivity contribution in [2.75, 3.05) is 5.32 Å². The van der Waals surface area contributed by atoms with Crippen LogP contribution in [0.25, 0.3) is 0 Å². The number of benzene rings is 1. The predicted molar refractivity (Wildman–Crippen MR) is 106 cm³/mol. The molecule has 4 nitrogen and oxygen atoms in total. The van der Waals surface area contributed by atoms with Gasteiger partial charge in [-0.2, -0.15) is 0 Å². The largest absolute Gasteiger partial charge is 0.474 e. The first-order valence-corrected chi connectivity index (χ1v) is 9.11. The molecule has 0 fully saturated rings. The van der Waals surface area contributed by atoms with Gasteiger partial charge in [-0.1, -0.05) is 31.5 Å². The highest BCUT2D eigenvalue weighted by Gasteiger charge is 2.16. The molecule has 0 unspecified atom stereocenters. The van der Waals surface area contributed by atoms with Crippen molar-refractivity contribution in [3.63, 3.8) is 0 Å². The SMILES string of the molecule is CCC(CC)Oc1nc(C)cc(Nc2c(C)cc(C)cc2C)c1CN. The maximum atomic E-state index is 6.14. The van der Waals surface area contributed by atoms with Crippen LogP contribution in [0.1, 0.15) is 54.6 Å². The molecule has 2 rings (SSSR count). The lowest BCUT2D eigenvalue weighted by atomic mass is 10.0. The van der Waals surface area contributed by atoms with Crippen LogP contribution in [0.2, 0.25) is 0 Å². The summed E-state index contributed by atoms with van der Waals surface area (Å²) in [6.07, 6.45) is 2.07. The van der Waals surface area contributed by atoms with Crippen LogP contribution >= 0.6 is 0 Å². The molecule has 0 saturated carbocycles. The van der Waals surface area contributed by atoms with E-state index in [0.29, 0.717) is 12.4 Å². The molecule has 0 radical (unpaired) electrons. The third-order valence-electron chi connectivity index (χ3n) is 4.54. The molecule has 136 valence electrons. The van der Waals surface area contributed by atoms with E-state index in [9.17, 15) is 0 Å². The minimum absolute atomic E-state index is 0.162. The van der Waals surface area contributed by atoms with Gasteiger partial charge in [-0.15, -0.1) is 0 Å². The maximum Gasteiger partial charge on any atom is 0.220 e. The first-order chi connectivity index (χ1) is 11.9. The topological polar surface area (TPSA) is 60.2 Å². The van der Waals surface area contributed by atoms with Gasteiger partial charge in [-0.25, -0.2) is 4.98 Å². The highest BCUT2D eigenvalue weighted by molar-refractivity contribution is 5.70. The fourth-order valence-corrected chi connectivity index (χ4v) is 3.20. The molecule has 1 heterocycles. The molecule has 0 bridgehead atoms. The third kappa shape index (κ3) is 4.51. The van der Waals surface area contributed by atoms with Crippen LogP contribution in [-0.4, -0.2) is 11.1 Å². The molecular formula is C21H31N3O. The van der Waals surface area contributed by atoms with Crippen molar-refractivity contribution in [3.8, 4) is 5.88 Å². The lowest BCUT2D eigenvalue weighted by molar-refractivity contribution is 0.183. The maximum absolute atomic E-state index is 6.14. The molecule has 0 spiro atoms. The Kier molecular flexibility index (Phi) is 6.43. The summed E-state index contributed by atoms with van der Waals surface area (Å²) in [6, 6.07) is 6.42. The third-order valence-corrected chi connectivity index (χ3v) is 4.54. The van der Waals surface area contributed by atoms with Gasteiger partial charge in [-0.3, -0.25) is 0 Å². The fraction of sp³-hybridized carbons (Fsp3) is 0.476. The summed E-state index contributed by atoms with van der Waals surface area (Å²) in [5.74, 6) is 0.654. The van der Waals surface area contributed by atoms with Crippen LogP contribution in [0.3, 0.4) is 0 Å². The van der Waals surface area contributed by atoms with Crippen LogP contribution in [-0.2, 0) is 6.54 Å². The molecule has 0 aliphatic rings. The molecule has 1 aromatic carbocycles. The van der Waals surface area contributed by atoms with Crippen LogP contribution in [0.15, 0.2) is 18.2 Å². The summed E-state index contributed by atoms with van der Waals surface area (Å²) in [6.45, 7) is 13.0. The second-order valence-corrected chi connectivity index (χ2v) is 6.75. The number of rotatable bonds is 7. The number of aryl methyl sites for hydroxylation is 4. The Labute approximate surface area is 151 Å². The fourth-order valence-electron chi connectivity index (χ4n) is 3.20.